The Balaban J connectivity index is 1.51. The molecule has 1 heterocycles. The van der Waals surface area contributed by atoms with E-state index in [4.69, 9.17) is 10.5 Å². The molecular formula is C18H19N7O2. The van der Waals surface area contributed by atoms with Crippen LogP contribution in [0.5, 0.6) is 5.75 Å². The number of para-hydroxylation sites is 2. The van der Waals surface area contributed by atoms with Crippen molar-refractivity contribution in [3.8, 4) is 5.75 Å². The van der Waals surface area contributed by atoms with Gasteiger partial charge in [0.05, 0.1) is 5.69 Å². The molecule has 3 rings (SSSR count). The Kier molecular flexibility index (Phi) is 5.87. The molecule has 0 aliphatic rings. The van der Waals surface area contributed by atoms with Gasteiger partial charge in [0, 0.05) is 0 Å². The third-order valence-electron chi connectivity index (χ3n) is 3.42. The Hall–Kier alpha value is -4.01. The van der Waals surface area contributed by atoms with Crippen LogP contribution in [-0.4, -0.2) is 22.5 Å². The number of anilines is 4. The average molecular weight is 365 g/mol. The molecule has 9 heteroatoms. The molecule has 0 saturated carbocycles. The summed E-state index contributed by atoms with van der Waals surface area (Å²) in [6, 6.07) is 18.5. The van der Waals surface area contributed by atoms with Gasteiger partial charge in [0.25, 0.3) is 5.91 Å². The van der Waals surface area contributed by atoms with E-state index in [0.29, 0.717) is 11.6 Å². The van der Waals surface area contributed by atoms with E-state index in [1.54, 1.807) is 12.1 Å². The molecule has 27 heavy (non-hydrogen) atoms. The zero-order valence-electron chi connectivity index (χ0n) is 14.3. The van der Waals surface area contributed by atoms with Crippen LogP contribution in [0.4, 0.5) is 23.0 Å². The van der Waals surface area contributed by atoms with Crippen LogP contribution in [0.3, 0.4) is 0 Å². The summed E-state index contributed by atoms with van der Waals surface area (Å²) in [4.78, 5) is 20.0. The Morgan fingerprint density at radius 3 is 2.22 bits per heavy atom. The number of hydrazine groups is 2. The highest BCUT2D eigenvalue weighted by molar-refractivity contribution is 5.81. The average Bonchev–Trinajstić information content (AvgIpc) is 2.72. The van der Waals surface area contributed by atoms with E-state index >= 15 is 0 Å². The Morgan fingerprint density at radius 2 is 1.52 bits per heavy atom. The van der Waals surface area contributed by atoms with Crippen molar-refractivity contribution in [1.29, 1.82) is 0 Å². The highest BCUT2D eigenvalue weighted by Crippen LogP contribution is 2.21. The third kappa shape index (κ3) is 5.23. The number of carbonyl (C=O) groups is 1. The molecule has 9 nitrogen and oxygen atoms in total. The van der Waals surface area contributed by atoms with Crippen molar-refractivity contribution < 1.29 is 9.53 Å². The van der Waals surface area contributed by atoms with Gasteiger partial charge in [-0.05, 0) is 24.3 Å². The number of nitrogens with two attached hydrogens (primary N) is 1. The van der Waals surface area contributed by atoms with E-state index in [1.807, 2.05) is 48.5 Å². The maximum Gasteiger partial charge on any atom is 0.276 e. The lowest BCUT2D eigenvalue weighted by Gasteiger charge is -2.14. The maximum absolute atomic E-state index is 11.9. The molecule has 0 radical (unpaired) electrons. The first-order chi connectivity index (χ1) is 13.2. The van der Waals surface area contributed by atoms with Crippen molar-refractivity contribution in [2.24, 2.45) is 0 Å². The molecule has 1 aromatic heterocycles. The lowest BCUT2D eigenvalue weighted by atomic mass is 10.3. The molecule has 0 fully saturated rings. The fourth-order valence-electron chi connectivity index (χ4n) is 2.08. The predicted octanol–water partition coefficient (Wildman–Crippen LogP) is 2.02. The molecule has 0 bridgehead atoms. The van der Waals surface area contributed by atoms with Crippen LogP contribution < -0.4 is 32.2 Å². The molecule has 0 atom stereocenters. The van der Waals surface area contributed by atoms with Gasteiger partial charge in [0.1, 0.15) is 17.8 Å². The second-order valence-corrected chi connectivity index (χ2v) is 5.38. The molecule has 0 unspecified atom stereocenters. The minimum atomic E-state index is -0.381. The van der Waals surface area contributed by atoms with Crippen LogP contribution >= 0.6 is 0 Å². The molecule has 0 aliphatic carbocycles. The van der Waals surface area contributed by atoms with Gasteiger partial charge in [-0.25, -0.2) is 9.97 Å². The summed E-state index contributed by atoms with van der Waals surface area (Å²) in [7, 11) is 0. The summed E-state index contributed by atoms with van der Waals surface area (Å²) in [6.45, 7) is -0.150. The van der Waals surface area contributed by atoms with Crippen molar-refractivity contribution in [2.75, 3.05) is 28.6 Å². The van der Waals surface area contributed by atoms with Gasteiger partial charge in [-0.3, -0.25) is 26.5 Å². The fourth-order valence-corrected chi connectivity index (χ4v) is 2.08. The highest BCUT2D eigenvalue weighted by atomic mass is 16.5. The van der Waals surface area contributed by atoms with Gasteiger partial charge >= 0.3 is 0 Å². The molecule has 1 amide bonds. The van der Waals surface area contributed by atoms with Gasteiger partial charge in [0.2, 0.25) is 0 Å². The summed E-state index contributed by atoms with van der Waals surface area (Å²) in [5, 5.41) is 0. The van der Waals surface area contributed by atoms with Crippen LogP contribution in [0.1, 0.15) is 0 Å². The lowest BCUT2D eigenvalue weighted by molar-refractivity contribution is -0.122. The SMILES string of the molecule is Nc1c(NNC(=O)COc2ccccc2)ncnc1NNc1ccccc1. The monoisotopic (exact) mass is 365 g/mol. The molecule has 0 spiro atoms. The number of nitrogen functional groups attached to an aromatic ring is 1. The Morgan fingerprint density at radius 1 is 0.889 bits per heavy atom. The second-order valence-electron chi connectivity index (χ2n) is 5.38. The van der Waals surface area contributed by atoms with E-state index in [2.05, 4.69) is 31.7 Å². The smallest absolute Gasteiger partial charge is 0.276 e. The quantitative estimate of drug-likeness (QED) is 0.384. The first-order valence-corrected chi connectivity index (χ1v) is 8.12. The summed E-state index contributed by atoms with van der Waals surface area (Å²) >= 11 is 0. The number of hydrogen-bond acceptors (Lipinski definition) is 8. The first-order valence-electron chi connectivity index (χ1n) is 8.12. The van der Waals surface area contributed by atoms with Crippen molar-refractivity contribution >= 4 is 28.9 Å². The van der Waals surface area contributed by atoms with Crippen LogP contribution in [0.2, 0.25) is 0 Å². The number of aromatic nitrogens is 2. The standard InChI is InChI=1S/C18H19N7O2/c19-16-17(24-22-13-7-3-1-4-8-13)20-12-21-18(16)25-23-15(26)11-27-14-9-5-2-6-10-14/h1-10,12,22H,11,19H2,(H,23,26)(H2,20,21,24,25). The number of hydrogen-bond donors (Lipinski definition) is 5. The van der Waals surface area contributed by atoms with E-state index in [0.717, 1.165) is 5.69 Å². The Bertz CT molecular complexity index is 875. The van der Waals surface area contributed by atoms with Crippen molar-refractivity contribution in [3.63, 3.8) is 0 Å². The molecule has 0 saturated heterocycles. The number of nitrogens with one attached hydrogen (secondary N) is 4. The zero-order valence-corrected chi connectivity index (χ0v) is 14.3. The van der Waals surface area contributed by atoms with Gasteiger partial charge < -0.3 is 10.5 Å². The lowest BCUT2D eigenvalue weighted by Crippen LogP contribution is -2.34. The number of benzene rings is 2. The number of amides is 1. The minimum absolute atomic E-state index is 0.150. The number of ether oxygens (including phenoxy) is 1. The first kappa shape index (κ1) is 17.8. The molecule has 0 aliphatic heterocycles. The normalized spacial score (nSPS) is 9.93. The summed E-state index contributed by atoms with van der Waals surface area (Å²) in [6.07, 6.45) is 1.32. The number of carbonyl (C=O) groups excluding carboxylic acids is 1. The highest BCUT2D eigenvalue weighted by Gasteiger charge is 2.09. The van der Waals surface area contributed by atoms with Gasteiger partial charge in [-0.1, -0.05) is 36.4 Å². The van der Waals surface area contributed by atoms with Gasteiger partial charge in [-0.2, -0.15) is 0 Å². The topological polar surface area (TPSA) is 126 Å². The fraction of sp³-hybridized carbons (Fsp3) is 0.0556. The predicted molar refractivity (Wildman–Crippen MR) is 104 cm³/mol. The van der Waals surface area contributed by atoms with Crippen LogP contribution in [-0.2, 0) is 4.79 Å². The van der Waals surface area contributed by atoms with E-state index in [-0.39, 0.29) is 24.0 Å². The number of nitrogens with zero attached hydrogens (tertiary/aromatic N) is 2. The van der Waals surface area contributed by atoms with Crippen molar-refractivity contribution in [1.82, 2.24) is 15.4 Å². The Labute approximate surface area is 155 Å². The van der Waals surface area contributed by atoms with Crippen LogP contribution in [0.25, 0.3) is 0 Å². The van der Waals surface area contributed by atoms with Crippen molar-refractivity contribution in [3.05, 3.63) is 67.0 Å². The molecular weight excluding hydrogens is 346 g/mol. The molecule has 6 N–H and O–H groups in total. The van der Waals surface area contributed by atoms with E-state index in [1.165, 1.54) is 6.33 Å². The van der Waals surface area contributed by atoms with E-state index in [9.17, 15) is 4.79 Å². The van der Waals surface area contributed by atoms with Gasteiger partial charge in [-0.15, -0.1) is 0 Å². The molecule has 138 valence electrons. The van der Waals surface area contributed by atoms with Crippen LogP contribution in [0, 0.1) is 0 Å². The van der Waals surface area contributed by atoms with E-state index < -0.39 is 0 Å². The van der Waals surface area contributed by atoms with Crippen molar-refractivity contribution in [2.45, 2.75) is 0 Å². The summed E-state index contributed by atoms with van der Waals surface area (Å²) in [5.41, 5.74) is 18.1. The summed E-state index contributed by atoms with van der Waals surface area (Å²) in [5.74, 6) is 0.850. The van der Waals surface area contributed by atoms with Crippen LogP contribution in [0.15, 0.2) is 67.0 Å². The molecule has 2 aromatic carbocycles. The largest absolute Gasteiger partial charge is 0.484 e. The maximum atomic E-state index is 11.9. The van der Waals surface area contributed by atoms with Gasteiger partial charge in [0.15, 0.2) is 18.2 Å². The molecule has 3 aromatic rings. The zero-order chi connectivity index (χ0) is 18.9. The minimum Gasteiger partial charge on any atom is -0.484 e. The second kappa shape index (κ2) is 8.90. The third-order valence-corrected chi connectivity index (χ3v) is 3.42. The number of rotatable bonds is 8. The summed E-state index contributed by atoms with van der Waals surface area (Å²) < 4.78 is 5.36.